The second-order valence-corrected chi connectivity index (χ2v) is 8.19. The number of hydrogen-bond donors (Lipinski definition) is 1. The second kappa shape index (κ2) is 6.70. The van der Waals surface area contributed by atoms with E-state index in [0.29, 0.717) is 13.0 Å². The smallest absolute Gasteiger partial charge is 0.326 e. The number of rotatable bonds is 4. The predicted molar refractivity (Wildman–Crippen MR) is 85.0 cm³/mol. The summed E-state index contributed by atoms with van der Waals surface area (Å²) in [5.74, 6) is -1.27. The quantitative estimate of drug-likeness (QED) is 0.903. The van der Waals surface area contributed by atoms with Gasteiger partial charge in [0.15, 0.2) is 9.84 Å². The van der Waals surface area contributed by atoms with Gasteiger partial charge < -0.3 is 10.0 Å². The third kappa shape index (κ3) is 3.72. The van der Waals surface area contributed by atoms with Crippen LogP contribution in [0.1, 0.15) is 37.0 Å². The molecule has 2 atom stereocenters. The standard InChI is InChI=1S/C16H21NO5S/c1-3-23(21,22)13-6-4-5-12(10-13)15(18)17-8-7-11(2)9-14(17)16(19)20/h4-6,10-11,14H,3,7-9H2,1-2H3,(H,19,20). The molecule has 23 heavy (non-hydrogen) atoms. The molecule has 0 aliphatic carbocycles. The number of carbonyl (C=O) groups excluding carboxylic acids is 1. The van der Waals surface area contributed by atoms with Crippen molar-refractivity contribution in [2.75, 3.05) is 12.3 Å². The fourth-order valence-corrected chi connectivity index (χ4v) is 3.70. The first-order valence-corrected chi connectivity index (χ1v) is 9.28. The first-order valence-electron chi connectivity index (χ1n) is 7.63. The van der Waals surface area contributed by atoms with Crippen LogP contribution in [0.2, 0.25) is 0 Å². The Morgan fingerprint density at radius 1 is 1.35 bits per heavy atom. The summed E-state index contributed by atoms with van der Waals surface area (Å²) >= 11 is 0. The van der Waals surface area contributed by atoms with E-state index in [1.54, 1.807) is 0 Å². The first-order chi connectivity index (χ1) is 10.8. The molecule has 0 bridgehead atoms. The van der Waals surface area contributed by atoms with Gasteiger partial charge in [-0.05, 0) is 37.0 Å². The Morgan fingerprint density at radius 3 is 2.65 bits per heavy atom. The van der Waals surface area contributed by atoms with Crippen LogP contribution in [0.15, 0.2) is 29.2 Å². The van der Waals surface area contributed by atoms with Crippen molar-refractivity contribution >= 4 is 21.7 Å². The number of carbonyl (C=O) groups is 2. The van der Waals surface area contributed by atoms with Gasteiger partial charge in [0.1, 0.15) is 6.04 Å². The Kier molecular flexibility index (Phi) is 5.09. The normalized spacial score (nSPS) is 21.9. The number of sulfone groups is 1. The summed E-state index contributed by atoms with van der Waals surface area (Å²) in [5.41, 5.74) is 0.209. The van der Waals surface area contributed by atoms with Gasteiger partial charge in [-0.15, -0.1) is 0 Å². The van der Waals surface area contributed by atoms with Crippen LogP contribution in [-0.2, 0) is 14.6 Å². The number of carboxylic acids is 1. The van der Waals surface area contributed by atoms with Crippen molar-refractivity contribution in [3.8, 4) is 0 Å². The number of carboxylic acid groups (broad SMARTS) is 1. The van der Waals surface area contributed by atoms with E-state index in [0.717, 1.165) is 6.42 Å². The Morgan fingerprint density at radius 2 is 2.04 bits per heavy atom. The molecule has 1 N–H and O–H groups in total. The SMILES string of the molecule is CCS(=O)(=O)c1cccc(C(=O)N2CCC(C)CC2C(=O)O)c1. The largest absolute Gasteiger partial charge is 0.480 e. The lowest BCUT2D eigenvalue weighted by Crippen LogP contribution is -2.49. The number of benzene rings is 1. The molecule has 0 spiro atoms. The van der Waals surface area contributed by atoms with Crippen molar-refractivity contribution in [2.24, 2.45) is 5.92 Å². The van der Waals surface area contributed by atoms with Crippen molar-refractivity contribution in [2.45, 2.75) is 37.6 Å². The second-order valence-electron chi connectivity index (χ2n) is 5.91. The number of likely N-dealkylation sites (tertiary alicyclic amines) is 1. The Labute approximate surface area is 136 Å². The highest BCUT2D eigenvalue weighted by atomic mass is 32.2. The molecule has 1 aliphatic heterocycles. The van der Waals surface area contributed by atoms with E-state index in [2.05, 4.69) is 0 Å². The molecular formula is C16H21NO5S. The van der Waals surface area contributed by atoms with Gasteiger partial charge in [0, 0.05) is 12.1 Å². The molecule has 1 heterocycles. The zero-order valence-electron chi connectivity index (χ0n) is 13.2. The first kappa shape index (κ1) is 17.5. The van der Waals surface area contributed by atoms with E-state index in [9.17, 15) is 23.1 Å². The van der Waals surface area contributed by atoms with Crippen LogP contribution in [0.4, 0.5) is 0 Å². The van der Waals surface area contributed by atoms with Crippen LogP contribution in [-0.4, -0.2) is 48.6 Å². The van der Waals surface area contributed by atoms with E-state index in [1.807, 2.05) is 6.92 Å². The Balaban J connectivity index is 2.33. The molecule has 2 unspecified atom stereocenters. The minimum Gasteiger partial charge on any atom is -0.480 e. The third-order valence-corrected chi connectivity index (χ3v) is 5.96. The molecule has 1 fully saturated rings. The number of amides is 1. The van der Waals surface area contributed by atoms with Crippen molar-refractivity contribution < 1.29 is 23.1 Å². The molecule has 1 aromatic rings. The van der Waals surface area contributed by atoms with Crippen LogP contribution in [0.5, 0.6) is 0 Å². The van der Waals surface area contributed by atoms with Crippen LogP contribution in [0.3, 0.4) is 0 Å². The number of hydrogen-bond acceptors (Lipinski definition) is 4. The van der Waals surface area contributed by atoms with Gasteiger partial charge in [0.05, 0.1) is 10.6 Å². The average molecular weight is 339 g/mol. The maximum Gasteiger partial charge on any atom is 0.326 e. The van der Waals surface area contributed by atoms with Crippen LogP contribution >= 0.6 is 0 Å². The molecule has 1 saturated heterocycles. The molecule has 2 rings (SSSR count). The number of piperidine rings is 1. The third-order valence-electron chi connectivity index (χ3n) is 4.23. The molecule has 0 aromatic heterocycles. The van der Waals surface area contributed by atoms with E-state index in [1.165, 1.54) is 36.1 Å². The van der Waals surface area contributed by atoms with Crippen LogP contribution in [0.25, 0.3) is 0 Å². The summed E-state index contributed by atoms with van der Waals surface area (Å²) in [4.78, 5) is 25.5. The lowest BCUT2D eigenvalue weighted by molar-refractivity contribution is -0.144. The summed E-state index contributed by atoms with van der Waals surface area (Å²) in [6, 6.07) is 4.95. The summed E-state index contributed by atoms with van der Waals surface area (Å²) in [6.07, 6.45) is 1.15. The molecule has 1 amide bonds. The molecule has 7 heteroatoms. The summed E-state index contributed by atoms with van der Waals surface area (Å²) in [7, 11) is -3.41. The van der Waals surface area contributed by atoms with E-state index >= 15 is 0 Å². The number of nitrogens with zero attached hydrogens (tertiary/aromatic N) is 1. The van der Waals surface area contributed by atoms with Crippen molar-refractivity contribution in [1.82, 2.24) is 4.90 Å². The molecule has 0 radical (unpaired) electrons. The van der Waals surface area contributed by atoms with E-state index in [-0.39, 0.29) is 22.1 Å². The molecule has 1 aliphatic rings. The van der Waals surface area contributed by atoms with Gasteiger partial charge >= 0.3 is 5.97 Å². The van der Waals surface area contributed by atoms with Gasteiger partial charge in [-0.3, -0.25) is 4.79 Å². The highest BCUT2D eigenvalue weighted by Gasteiger charge is 2.35. The minimum absolute atomic E-state index is 0.0520. The van der Waals surface area contributed by atoms with E-state index in [4.69, 9.17) is 0 Å². The van der Waals surface area contributed by atoms with Gasteiger partial charge in [0.25, 0.3) is 5.91 Å². The van der Waals surface area contributed by atoms with Gasteiger partial charge in [-0.2, -0.15) is 0 Å². The van der Waals surface area contributed by atoms with E-state index < -0.39 is 27.8 Å². The Hall–Kier alpha value is -1.89. The number of aliphatic carboxylic acids is 1. The maximum atomic E-state index is 12.7. The lowest BCUT2D eigenvalue weighted by Gasteiger charge is -2.36. The van der Waals surface area contributed by atoms with Gasteiger partial charge in [-0.25, -0.2) is 13.2 Å². The molecule has 1 aromatic carbocycles. The summed E-state index contributed by atoms with van der Waals surface area (Å²) in [6.45, 7) is 3.87. The molecular weight excluding hydrogens is 318 g/mol. The van der Waals surface area contributed by atoms with Gasteiger partial charge in [-0.1, -0.05) is 19.9 Å². The summed E-state index contributed by atoms with van der Waals surface area (Å²) < 4.78 is 23.9. The highest BCUT2D eigenvalue weighted by molar-refractivity contribution is 7.91. The molecule has 126 valence electrons. The lowest BCUT2D eigenvalue weighted by atomic mass is 9.92. The maximum absolute atomic E-state index is 12.7. The molecule has 0 saturated carbocycles. The zero-order chi connectivity index (χ0) is 17.2. The monoisotopic (exact) mass is 339 g/mol. The predicted octanol–water partition coefficient (Wildman–Crippen LogP) is 1.81. The Bertz CT molecular complexity index is 713. The zero-order valence-corrected chi connectivity index (χ0v) is 14.0. The fraction of sp³-hybridized carbons (Fsp3) is 0.500. The topological polar surface area (TPSA) is 91.8 Å². The summed E-state index contributed by atoms with van der Waals surface area (Å²) in [5, 5.41) is 9.35. The van der Waals surface area contributed by atoms with Crippen molar-refractivity contribution in [3.05, 3.63) is 29.8 Å². The van der Waals surface area contributed by atoms with Crippen LogP contribution < -0.4 is 0 Å². The average Bonchev–Trinajstić information content (AvgIpc) is 2.54. The van der Waals surface area contributed by atoms with Crippen molar-refractivity contribution in [1.29, 1.82) is 0 Å². The minimum atomic E-state index is -3.41. The molecule has 6 nitrogen and oxygen atoms in total. The highest BCUT2D eigenvalue weighted by Crippen LogP contribution is 2.25. The van der Waals surface area contributed by atoms with Crippen molar-refractivity contribution in [3.63, 3.8) is 0 Å². The fourth-order valence-electron chi connectivity index (χ4n) is 2.77. The van der Waals surface area contributed by atoms with Gasteiger partial charge in [0.2, 0.25) is 0 Å². The van der Waals surface area contributed by atoms with Crippen LogP contribution in [0, 0.1) is 5.92 Å².